The fourth-order valence-corrected chi connectivity index (χ4v) is 4.14. The van der Waals surface area contributed by atoms with Gasteiger partial charge in [0.05, 0.1) is 0 Å². The van der Waals surface area contributed by atoms with Gasteiger partial charge < -0.3 is 5.32 Å². The molecule has 32 heavy (non-hydrogen) atoms. The first-order valence-electron chi connectivity index (χ1n) is 10.1. The van der Waals surface area contributed by atoms with E-state index in [1.807, 2.05) is 43.3 Å². The van der Waals surface area contributed by atoms with Crippen LogP contribution in [0, 0.1) is 6.92 Å². The molecule has 4 rings (SSSR count). The number of carbonyl (C=O) groups excluding carboxylic acids is 1. The third-order valence-corrected chi connectivity index (χ3v) is 5.93. The summed E-state index contributed by atoms with van der Waals surface area (Å²) in [5, 5.41) is 19.4. The Balaban J connectivity index is 1.37. The van der Waals surface area contributed by atoms with Crippen LogP contribution in [0.4, 0.5) is 5.69 Å². The zero-order valence-electron chi connectivity index (χ0n) is 17.9. The maximum Gasteiger partial charge on any atom is 0.250 e. The molecule has 4 aromatic rings. The summed E-state index contributed by atoms with van der Waals surface area (Å²) < 4.78 is 1.72. The third kappa shape index (κ3) is 5.06. The minimum atomic E-state index is -0.296. The standard InChI is InChI=1S/C23H22N6OS2/c1-14(2)17-10-7-16(8-11-17)9-12-20(30)25-22(31)24-19-6-4-5-18(13-19)21-28-29-15(3)26-27-23(29)32-21/h4-14H,1-3H3,(H2,24,25,30,31)/b12-9+. The van der Waals surface area contributed by atoms with E-state index in [1.54, 1.807) is 10.6 Å². The van der Waals surface area contributed by atoms with Crippen LogP contribution in [0.25, 0.3) is 21.6 Å². The molecule has 0 unspecified atom stereocenters. The van der Waals surface area contributed by atoms with Crippen molar-refractivity contribution >= 4 is 51.3 Å². The Morgan fingerprint density at radius 3 is 2.66 bits per heavy atom. The highest BCUT2D eigenvalue weighted by atomic mass is 32.1. The molecule has 0 aliphatic carbocycles. The van der Waals surface area contributed by atoms with E-state index < -0.39 is 0 Å². The van der Waals surface area contributed by atoms with Crippen LogP contribution in [0.3, 0.4) is 0 Å². The molecule has 2 aromatic carbocycles. The van der Waals surface area contributed by atoms with Gasteiger partial charge in [0.1, 0.15) is 5.01 Å². The summed E-state index contributed by atoms with van der Waals surface area (Å²) in [6.07, 6.45) is 3.23. The number of benzene rings is 2. The first-order valence-corrected chi connectivity index (χ1v) is 11.3. The van der Waals surface area contributed by atoms with Crippen molar-refractivity contribution in [3.05, 3.63) is 71.6 Å². The van der Waals surface area contributed by atoms with E-state index in [0.29, 0.717) is 5.92 Å². The molecule has 7 nitrogen and oxygen atoms in total. The van der Waals surface area contributed by atoms with Gasteiger partial charge in [0.25, 0.3) is 0 Å². The van der Waals surface area contributed by atoms with Crippen LogP contribution in [0.2, 0.25) is 0 Å². The first kappa shape index (κ1) is 21.8. The van der Waals surface area contributed by atoms with Crippen molar-refractivity contribution in [2.24, 2.45) is 0 Å². The van der Waals surface area contributed by atoms with Gasteiger partial charge >= 0.3 is 0 Å². The quantitative estimate of drug-likeness (QED) is 0.327. The van der Waals surface area contributed by atoms with E-state index in [-0.39, 0.29) is 11.0 Å². The van der Waals surface area contributed by atoms with Crippen LogP contribution < -0.4 is 10.6 Å². The number of aromatic nitrogens is 4. The normalized spacial score (nSPS) is 11.4. The number of rotatable bonds is 5. The molecule has 162 valence electrons. The second kappa shape index (κ2) is 9.37. The van der Waals surface area contributed by atoms with Crippen molar-refractivity contribution in [3.63, 3.8) is 0 Å². The van der Waals surface area contributed by atoms with Crippen LogP contribution in [0.15, 0.2) is 54.6 Å². The van der Waals surface area contributed by atoms with Crippen LogP contribution in [-0.2, 0) is 4.79 Å². The SMILES string of the molecule is Cc1nnc2sc(-c3cccc(NC(=S)NC(=O)/C=C/c4ccc(C(C)C)cc4)c3)nn12. The Morgan fingerprint density at radius 1 is 1.16 bits per heavy atom. The molecule has 0 saturated carbocycles. The van der Waals surface area contributed by atoms with Gasteiger partial charge in [0.15, 0.2) is 10.9 Å². The monoisotopic (exact) mass is 462 g/mol. The summed E-state index contributed by atoms with van der Waals surface area (Å²) in [5.41, 5.74) is 3.89. The molecule has 2 heterocycles. The molecule has 0 bridgehead atoms. The van der Waals surface area contributed by atoms with Crippen molar-refractivity contribution in [3.8, 4) is 10.6 Å². The number of thiocarbonyl (C=S) groups is 1. The zero-order valence-corrected chi connectivity index (χ0v) is 19.5. The molecule has 0 radical (unpaired) electrons. The number of fused-ring (bicyclic) bond motifs is 1. The zero-order chi connectivity index (χ0) is 22.7. The number of nitrogens with one attached hydrogen (secondary N) is 2. The number of amides is 1. The topological polar surface area (TPSA) is 84.2 Å². The van der Waals surface area contributed by atoms with Gasteiger partial charge in [0.2, 0.25) is 10.9 Å². The van der Waals surface area contributed by atoms with Crippen molar-refractivity contribution in [1.82, 2.24) is 25.1 Å². The van der Waals surface area contributed by atoms with Gasteiger partial charge in [-0.25, -0.2) is 0 Å². The number of aryl methyl sites for hydroxylation is 1. The molecular formula is C23H22N6OS2. The summed E-state index contributed by atoms with van der Waals surface area (Å²) in [4.78, 5) is 13.0. The van der Waals surface area contributed by atoms with E-state index in [2.05, 4.69) is 51.9 Å². The van der Waals surface area contributed by atoms with Crippen LogP contribution >= 0.6 is 23.6 Å². The lowest BCUT2D eigenvalue weighted by molar-refractivity contribution is -0.115. The van der Waals surface area contributed by atoms with Gasteiger partial charge in [-0.2, -0.15) is 9.61 Å². The molecule has 2 N–H and O–H groups in total. The predicted octanol–water partition coefficient (Wildman–Crippen LogP) is 4.81. The second-order valence-corrected chi connectivity index (χ2v) is 8.89. The summed E-state index contributed by atoms with van der Waals surface area (Å²) in [5.74, 6) is 0.918. The molecule has 0 aliphatic heterocycles. The molecule has 0 fully saturated rings. The second-order valence-electron chi connectivity index (χ2n) is 7.53. The van der Waals surface area contributed by atoms with E-state index in [1.165, 1.54) is 23.0 Å². The maximum absolute atomic E-state index is 12.2. The third-order valence-electron chi connectivity index (χ3n) is 4.78. The number of carbonyl (C=O) groups is 1. The Labute approximate surface area is 195 Å². The first-order chi connectivity index (χ1) is 15.4. The smallest absolute Gasteiger partial charge is 0.250 e. The number of hydrogen-bond acceptors (Lipinski definition) is 6. The van der Waals surface area contributed by atoms with Crippen molar-refractivity contribution in [2.45, 2.75) is 26.7 Å². The molecule has 2 aromatic heterocycles. The van der Waals surface area contributed by atoms with Gasteiger partial charge in [-0.05, 0) is 54.4 Å². The average Bonchev–Trinajstić information content (AvgIpc) is 3.35. The fourth-order valence-electron chi connectivity index (χ4n) is 3.04. The van der Waals surface area contributed by atoms with Gasteiger partial charge in [-0.3, -0.25) is 10.1 Å². The Hall–Kier alpha value is -3.43. The molecule has 1 amide bonds. The highest BCUT2D eigenvalue weighted by Gasteiger charge is 2.11. The Bertz CT molecular complexity index is 1300. The molecular weight excluding hydrogens is 440 g/mol. The number of anilines is 1. The van der Waals surface area contributed by atoms with E-state index in [0.717, 1.165) is 32.6 Å². The van der Waals surface area contributed by atoms with Crippen molar-refractivity contribution in [2.75, 3.05) is 5.32 Å². The molecule has 0 spiro atoms. The van der Waals surface area contributed by atoms with E-state index >= 15 is 0 Å². The minimum Gasteiger partial charge on any atom is -0.332 e. The lowest BCUT2D eigenvalue weighted by Gasteiger charge is -2.09. The molecule has 9 heteroatoms. The van der Waals surface area contributed by atoms with E-state index in [4.69, 9.17) is 12.2 Å². The predicted molar refractivity (Wildman–Crippen MR) is 133 cm³/mol. The summed E-state index contributed by atoms with van der Waals surface area (Å²) in [6, 6.07) is 15.8. The molecule has 0 atom stereocenters. The molecule has 0 saturated heterocycles. The van der Waals surface area contributed by atoms with Gasteiger partial charge in [-0.1, -0.05) is 61.6 Å². The summed E-state index contributed by atoms with van der Waals surface area (Å²) in [6.45, 7) is 6.16. The van der Waals surface area contributed by atoms with Crippen molar-refractivity contribution < 1.29 is 4.79 Å². The number of hydrogen-bond donors (Lipinski definition) is 2. The van der Waals surface area contributed by atoms with Crippen LogP contribution in [0.5, 0.6) is 0 Å². The Morgan fingerprint density at radius 2 is 1.94 bits per heavy atom. The average molecular weight is 463 g/mol. The summed E-state index contributed by atoms with van der Waals surface area (Å²) in [7, 11) is 0. The fraction of sp³-hybridized carbons (Fsp3) is 0.174. The van der Waals surface area contributed by atoms with E-state index in [9.17, 15) is 4.79 Å². The van der Waals surface area contributed by atoms with Gasteiger partial charge in [0, 0.05) is 17.3 Å². The largest absolute Gasteiger partial charge is 0.332 e. The highest BCUT2D eigenvalue weighted by molar-refractivity contribution is 7.80. The Kier molecular flexibility index (Phi) is 6.38. The lowest BCUT2D eigenvalue weighted by atomic mass is 10.0. The summed E-state index contributed by atoms with van der Waals surface area (Å²) >= 11 is 6.75. The molecule has 0 aliphatic rings. The maximum atomic E-state index is 12.2. The van der Waals surface area contributed by atoms with Crippen LogP contribution in [-0.4, -0.2) is 30.8 Å². The van der Waals surface area contributed by atoms with Crippen LogP contribution in [0.1, 0.15) is 36.7 Å². The van der Waals surface area contributed by atoms with Gasteiger partial charge in [-0.15, -0.1) is 10.2 Å². The number of nitrogens with zero attached hydrogens (tertiary/aromatic N) is 4. The minimum absolute atomic E-state index is 0.223. The lowest BCUT2D eigenvalue weighted by Crippen LogP contribution is -2.32. The highest BCUT2D eigenvalue weighted by Crippen LogP contribution is 2.27. The van der Waals surface area contributed by atoms with Crippen molar-refractivity contribution in [1.29, 1.82) is 0 Å².